The van der Waals surface area contributed by atoms with Gasteiger partial charge in [-0.15, -0.1) is 0 Å². The average molecular weight is 380 g/mol. The summed E-state index contributed by atoms with van der Waals surface area (Å²) in [6.45, 7) is 15.8. The lowest BCUT2D eigenvalue weighted by atomic mass is 10.3. The molecule has 0 aliphatic heterocycles. The first-order chi connectivity index (χ1) is 11.2. The van der Waals surface area contributed by atoms with Crippen LogP contribution in [-0.2, 0) is 17.7 Å². The number of amides is 1. The summed E-state index contributed by atoms with van der Waals surface area (Å²) in [6.07, 6.45) is 2.47. The van der Waals surface area contributed by atoms with Crippen LogP contribution in [0.4, 0.5) is 4.79 Å². The third-order valence-corrected chi connectivity index (χ3v) is 7.24. The standard InChI is InChI=1S/C16H37NO5Si2/c1-8-15(4)21-24(19-9-2,20-10-3)14-12-11-13-17-16(18)22-23(5,6)7/h15H,8-14H2,1-7H3,(H,17,18). The van der Waals surface area contributed by atoms with Crippen molar-refractivity contribution in [3.8, 4) is 0 Å². The van der Waals surface area contributed by atoms with Crippen molar-refractivity contribution in [2.75, 3.05) is 19.8 Å². The summed E-state index contributed by atoms with van der Waals surface area (Å²) in [5, 5.41) is 2.81. The summed E-state index contributed by atoms with van der Waals surface area (Å²) in [5.41, 5.74) is 0. The van der Waals surface area contributed by atoms with Gasteiger partial charge >= 0.3 is 14.9 Å². The quantitative estimate of drug-likeness (QED) is 0.384. The van der Waals surface area contributed by atoms with E-state index in [4.69, 9.17) is 17.7 Å². The Bertz CT molecular complexity index is 344. The van der Waals surface area contributed by atoms with Crippen molar-refractivity contribution in [3.05, 3.63) is 0 Å². The Labute approximate surface area is 150 Å². The third-order valence-electron chi connectivity index (χ3n) is 3.26. The second kappa shape index (κ2) is 12.0. The second-order valence-corrected chi connectivity index (χ2v) is 13.9. The van der Waals surface area contributed by atoms with Crippen molar-refractivity contribution in [2.45, 2.75) is 78.7 Å². The zero-order chi connectivity index (χ0) is 18.6. The van der Waals surface area contributed by atoms with Crippen molar-refractivity contribution in [2.24, 2.45) is 0 Å². The van der Waals surface area contributed by atoms with E-state index >= 15 is 0 Å². The molecule has 0 fully saturated rings. The SMILES string of the molecule is CCO[Si](CCCCNC(=O)O[Si](C)(C)C)(OCC)OC(C)CC. The Morgan fingerprint density at radius 1 is 1.04 bits per heavy atom. The van der Waals surface area contributed by atoms with Crippen molar-refractivity contribution in [1.82, 2.24) is 5.32 Å². The smallest absolute Gasteiger partial charge is 0.501 e. The Kier molecular flexibility index (Phi) is 11.8. The van der Waals surface area contributed by atoms with E-state index in [0.717, 1.165) is 25.3 Å². The molecular weight excluding hydrogens is 342 g/mol. The molecule has 0 aliphatic carbocycles. The maximum absolute atomic E-state index is 11.6. The van der Waals surface area contributed by atoms with Gasteiger partial charge in [0.15, 0.2) is 0 Å². The number of rotatable bonds is 13. The van der Waals surface area contributed by atoms with Gasteiger partial charge < -0.3 is 23.0 Å². The number of carbonyl (C=O) groups is 1. The Balaban J connectivity index is 4.33. The molecule has 24 heavy (non-hydrogen) atoms. The van der Waals surface area contributed by atoms with Gasteiger partial charge in [-0.25, -0.2) is 4.79 Å². The molecule has 0 bridgehead atoms. The highest BCUT2D eigenvalue weighted by Crippen LogP contribution is 2.22. The van der Waals surface area contributed by atoms with E-state index in [1.165, 1.54) is 0 Å². The fraction of sp³-hybridized carbons (Fsp3) is 0.938. The molecule has 1 atom stereocenters. The molecule has 6 nitrogen and oxygen atoms in total. The van der Waals surface area contributed by atoms with E-state index in [1.807, 2.05) is 40.4 Å². The van der Waals surface area contributed by atoms with E-state index in [9.17, 15) is 4.79 Å². The van der Waals surface area contributed by atoms with Crippen LogP contribution in [0.3, 0.4) is 0 Å². The first-order valence-corrected chi connectivity index (χ1v) is 14.4. The van der Waals surface area contributed by atoms with Crippen LogP contribution in [-0.4, -0.2) is 49.1 Å². The molecule has 0 rings (SSSR count). The van der Waals surface area contributed by atoms with E-state index in [0.29, 0.717) is 19.8 Å². The van der Waals surface area contributed by atoms with Crippen molar-refractivity contribution in [3.63, 3.8) is 0 Å². The summed E-state index contributed by atoms with van der Waals surface area (Å²) in [7, 11) is -4.46. The molecule has 1 N–H and O–H groups in total. The van der Waals surface area contributed by atoms with Crippen LogP contribution in [0.25, 0.3) is 0 Å². The highest BCUT2D eigenvalue weighted by atomic mass is 28.4. The van der Waals surface area contributed by atoms with Gasteiger partial charge in [0.25, 0.3) is 0 Å². The van der Waals surface area contributed by atoms with E-state index in [1.54, 1.807) is 0 Å². The van der Waals surface area contributed by atoms with Crippen LogP contribution in [0.1, 0.15) is 47.0 Å². The molecule has 144 valence electrons. The number of hydrogen-bond donors (Lipinski definition) is 1. The van der Waals surface area contributed by atoms with Crippen LogP contribution < -0.4 is 5.32 Å². The van der Waals surface area contributed by atoms with Crippen molar-refractivity contribution < 1.29 is 22.5 Å². The van der Waals surface area contributed by atoms with Gasteiger partial charge in [0.1, 0.15) is 0 Å². The summed E-state index contributed by atoms with van der Waals surface area (Å²) in [5.74, 6) is 0. The van der Waals surface area contributed by atoms with Crippen LogP contribution in [0, 0.1) is 0 Å². The van der Waals surface area contributed by atoms with Gasteiger partial charge in [0, 0.05) is 31.9 Å². The second-order valence-electron chi connectivity index (χ2n) is 6.77. The van der Waals surface area contributed by atoms with Gasteiger partial charge in [0.05, 0.1) is 0 Å². The van der Waals surface area contributed by atoms with Crippen molar-refractivity contribution >= 4 is 23.2 Å². The van der Waals surface area contributed by atoms with Crippen LogP contribution in [0.5, 0.6) is 0 Å². The van der Waals surface area contributed by atoms with Gasteiger partial charge in [-0.1, -0.05) is 6.92 Å². The van der Waals surface area contributed by atoms with Gasteiger partial charge in [-0.3, -0.25) is 0 Å². The molecule has 0 aromatic carbocycles. The Morgan fingerprint density at radius 2 is 1.62 bits per heavy atom. The minimum Gasteiger partial charge on any atom is -0.504 e. The lowest BCUT2D eigenvalue weighted by Gasteiger charge is -2.31. The topological polar surface area (TPSA) is 66.0 Å². The van der Waals surface area contributed by atoms with Gasteiger partial charge in [-0.2, -0.15) is 0 Å². The van der Waals surface area contributed by atoms with Crippen LogP contribution >= 0.6 is 0 Å². The number of carbonyl (C=O) groups excluding carboxylic acids is 1. The fourth-order valence-electron chi connectivity index (χ4n) is 2.11. The first-order valence-electron chi connectivity index (χ1n) is 9.10. The predicted molar refractivity (Wildman–Crippen MR) is 102 cm³/mol. The van der Waals surface area contributed by atoms with Gasteiger partial charge in [0.2, 0.25) is 8.32 Å². The van der Waals surface area contributed by atoms with E-state index in [2.05, 4.69) is 12.2 Å². The molecule has 0 radical (unpaired) electrons. The zero-order valence-corrected chi connectivity index (χ0v) is 18.6. The molecule has 0 aromatic rings. The molecule has 1 amide bonds. The zero-order valence-electron chi connectivity index (χ0n) is 16.6. The maximum Gasteiger partial charge on any atom is 0.501 e. The highest BCUT2D eigenvalue weighted by Gasteiger charge is 2.41. The number of nitrogens with one attached hydrogen (secondary N) is 1. The molecular formula is C16H37NO5Si2. The number of unbranched alkanes of at least 4 members (excludes halogenated alkanes) is 1. The van der Waals surface area contributed by atoms with E-state index in [-0.39, 0.29) is 12.2 Å². The number of hydrogen-bond acceptors (Lipinski definition) is 5. The summed E-state index contributed by atoms with van der Waals surface area (Å²) >= 11 is 0. The van der Waals surface area contributed by atoms with Crippen LogP contribution in [0.15, 0.2) is 0 Å². The monoisotopic (exact) mass is 379 g/mol. The van der Waals surface area contributed by atoms with E-state index < -0.39 is 17.1 Å². The highest BCUT2D eigenvalue weighted by molar-refractivity contribution is 6.71. The largest absolute Gasteiger partial charge is 0.504 e. The minimum atomic E-state index is -2.63. The molecule has 0 spiro atoms. The molecule has 0 aromatic heterocycles. The summed E-state index contributed by atoms with van der Waals surface area (Å²) in [6, 6.07) is 0.768. The first kappa shape index (κ1) is 23.6. The normalized spacial score (nSPS) is 13.6. The lowest BCUT2D eigenvalue weighted by Crippen LogP contribution is -2.48. The average Bonchev–Trinajstić information content (AvgIpc) is 2.45. The Morgan fingerprint density at radius 3 is 2.08 bits per heavy atom. The summed E-state index contributed by atoms with van der Waals surface area (Å²) < 4.78 is 23.4. The molecule has 0 saturated carbocycles. The molecule has 1 unspecified atom stereocenters. The van der Waals surface area contributed by atoms with Crippen molar-refractivity contribution in [1.29, 1.82) is 0 Å². The minimum absolute atomic E-state index is 0.125. The lowest BCUT2D eigenvalue weighted by molar-refractivity contribution is 0.0367. The fourth-order valence-corrected chi connectivity index (χ4v) is 5.71. The van der Waals surface area contributed by atoms with Crippen LogP contribution in [0.2, 0.25) is 25.7 Å². The molecule has 0 heterocycles. The Hall–Kier alpha value is -0.416. The molecule has 8 heteroatoms. The molecule has 0 aliphatic rings. The predicted octanol–water partition coefficient (Wildman–Crippen LogP) is 4.15. The summed E-state index contributed by atoms with van der Waals surface area (Å²) in [4.78, 5) is 11.6. The third kappa shape index (κ3) is 11.2. The molecule has 0 saturated heterocycles. The maximum atomic E-state index is 11.6. The van der Waals surface area contributed by atoms with Gasteiger partial charge in [-0.05, 0) is 59.7 Å².